The summed E-state index contributed by atoms with van der Waals surface area (Å²) in [6.45, 7) is 3.69. The average molecular weight is 287 g/mol. The molecular weight excluding hydrogens is 262 g/mol. The van der Waals surface area contributed by atoms with Crippen LogP contribution in [0.5, 0.6) is 0 Å². The molecule has 2 N–H and O–H groups in total. The minimum atomic E-state index is 0.292. The van der Waals surface area contributed by atoms with Gasteiger partial charge in [0.1, 0.15) is 0 Å². The highest BCUT2D eigenvalue weighted by Crippen LogP contribution is 2.32. The van der Waals surface area contributed by atoms with Crippen molar-refractivity contribution in [2.24, 2.45) is 4.99 Å². The van der Waals surface area contributed by atoms with Crippen LogP contribution in [0.2, 0.25) is 0 Å². The maximum Gasteiger partial charge on any atom is 0.191 e. The fourth-order valence-electron chi connectivity index (χ4n) is 3.04. The highest BCUT2D eigenvalue weighted by atomic mass is 16.5. The molecule has 0 fully saturated rings. The number of ether oxygens (including phenoxy) is 1. The monoisotopic (exact) mass is 287 g/mol. The Labute approximate surface area is 127 Å². The molecule has 114 valence electrons. The van der Waals surface area contributed by atoms with E-state index in [0.29, 0.717) is 6.10 Å². The number of nitrogens with one attached hydrogen (secondary N) is 2. The van der Waals surface area contributed by atoms with Crippen LogP contribution in [0.15, 0.2) is 29.3 Å². The van der Waals surface area contributed by atoms with E-state index >= 15 is 0 Å². The van der Waals surface area contributed by atoms with E-state index in [2.05, 4.69) is 39.9 Å². The van der Waals surface area contributed by atoms with Gasteiger partial charge in [-0.3, -0.25) is 4.99 Å². The van der Waals surface area contributed by atoms with Gasteiger partial charge in [-0.1, -0.05) is 24.3 Å². The summed E-state index contributed by atoms with van der Waals surface area (Å²) in [5, 5.41) is 6.61. The Kier molecular flexibility index (Phi) is 5.11. The molecule has 1 atom stereocenters. The third kappa shape index (κ3) is 3.97. The summed E-state index contributed by atoms with van der Waals surface area (Å²) in [6.07, 6.45) is 6.03. The van der Waals surface area contributed by atoms with Gasteiger partial charge in [0.2, 0.25) is 0 Å². The van der Waals surface area contributed by atoms with E-state index < -0.39 is 0 Å². The van der Waals surface area contributed by atoms with E-state index in [1.165, 1.54) is 24.0 Å². The van der Waals surface area contributed by atoms with Crippen LogP contribution < -0.4 is 10.6 Å². The lowest BCUT2D eigenvalue weighted by atomic mass is 9.89. The highest BCUT2D eigenvalue weighted by Gasteiger charge is 2.19. The zero-order valence-electron chi connectivity index (χ0n) is 12.6. The van der Waals surface area contributed by atoms with Crippen molar-refractivity contribution in [1.82, 2.24) is 10.6 Å². The van der Waals surface area contributed by atoms with Gasteiger partial charge in [0.05, 0.1) is 6.10 Å². The van der Waals surface area contributed by atoms with E-state index in [-0.39, 0.29) is 0 Å². The summed E-state index contributed by atoms with van der Waals surface area (Å²) < 4.78 is 6.10. The maximum atomic E-state index is 6.10. The Hall–Kier alpha value is -1.55. The molecule has 0 radical (unpaired) electrons. The molecule has 0 saturated heterocycles. The molecule has 0 spiro atoms. The molecule has 3 rings (SSSR count). The molecule has 4 heteroatoms. The van der Waals surface area contributed by atoms with Gasteiger partial charge in [-0.15, -0.1) is 0 Å². The normalized spacial score (nSPS) is 21.1. The zero-order valence-corrected chi connectivity index (χ0v) is 12.6. The number of rotatable bonds is 5. The molecule has 4 nitrogen and oxygen atoms in total. The summed E-state index contributed by atoms with van der Waals surface area (Å²) in [5.41, 5.74) is 2.86. The fourth-order valence-corrected chi connectivity index (χ4v) is 3.04. The van der Waals surface area contributed by atoms with Gasteiger partial charge >= 0.3 is 0 Å². The first kappa shape index (κ1) is 14.4. The SMILES string of the molecule is c1ccc2c(c1)CCCC2OCCCNC1=NCCCN1. The Morgan fingerprint density at radius 3 is 3.14 bits per heavy atom. The fraction of sp³-hybridized carbons (Fsp3) is 0.588. The summed E-state index contributed by atoms with van der Waals surface area (Å²) in [6, 6.07) is 8.70. The smallest absolute Gasteiger partial charge is 0.191 e. The molecule has 0 bridgehead atoms. The second-order valence-electron chi connectivity index (χ2n) is 5.74. The molecule has 1 heterocycles. The number of hydrogen-bond donors (Lipinski definition) is 2. The van der Waals surface area contributed by atoms with Crippen molar-refractivity contribution in [3.05, 3.63) is 35.4 Å². The van der Waals surface area contributed by atoms with Crippen molar-refractivity contribution >= 4 is 5.96 Å². The second-order valence-corrected chi connectivity index (χ2v) is 5.74. The molecule has 0 amide bonds. The third-order valence-electron chi connectivity index (χ3n) is 4.14. The van der Waals surface area contributed by atoms with Gasteiger partial charge < -0.3 is 15.4 Å². The lowest BCUT2D eigenvalue weighted by molar-refractivity contribution is 0.0398. The minimum Gasteiger partial charge on any atom is -0.373 e. The van der Waals surface area contributed by atoms with Crippen LogP contribution in [-0.4, -0.2) is 32.2 Å². The molecule has 21 heavy (non-hydrogen) atoms. The van der Waals surface area contributed by atoms with Crippen LogP contribution in [0.1, 0.15) is 42.9 Å². The predicted molar refractivity (Wildman–Crippen MR) is 85.6 cm³/mol. The lowest BCUT2D eigenvalue weighted by Crippen LogP contribution is -2.41. The summed E-state index contributed by atoms with van der Waals surface area (Å²) in [7, 11) is 0. The summed E-state index contributed by atoms with van der Waals surface area (Å²) in [4.78, 5) is 4.40. The lowest BCUT2D eigenvalue weighted by Gasteiger charge is -2.25. The van der Waals surface area contributed by atoms with Crippen LogP contribution in [0.3, 0.4) is 0 Å². The van der Waals surface area contributed by atoms with Gasteiger partial charge in [-0.2, -0.15) is 0 Å². The van der Waals surface area contributed by atoms with Gasteiger partial charge in [0, 0.05) is 26.2 Å². The Morgan fingerprint density at radius 1 is 1.29 bits per heavy atom. The van der Waals surface area contributed by atoms with Crippen molar-refractivity contribution in [2.75, 3.05) is 26.2 Å². The zero-order chi connectivity index (χ0) is 14.3. The maximum absolute atomic E-state index is 6.10. The van der Waals surface area contributed by atoms with E-state index in [1.807, 2.05) is 0 Å². The van der Waals surface area contributed by atoms with Crippen LogP contribution in [0.25, 0.3) is 0 Å². The summed E-state index contributed by atoms with van der Waals surface area (Å²) in [5.74, 6) is 0.948. The Morgan fingerprint density at radius 2 is 2.24 bits per heavy atom. The standard InChI is InChI=1S/C17H25N3O/c1-2-8-15-14(6-1)7-3-9-16(15)21-13-5-12-20-17-18-10-4-11-19-17/h1-2,6,8,16H,3-5,7,9-13H2,(H2,18,19,20). The molecule has 1 aliphatic heterocycles. The van der Waals surface area contributed by atoms with Gasteiger partial charge in [-0.25, -0.2) is 0 Å². The van der Waals surface area contributed by atoms with Crippen molar-refractivity contribution in [3.63, 3.8) is 0 Å². The van der Waals surface area contributed by atoms with Gasteiger partial charge in [0.15, 0.2) is 5.96 Å². The third-order valence-corrected chi connectivity index (χ3v) is 4.14. The van der Waals surface area contributed by atoms with Gasteiger partial charge in [-0.05, 0) is 43.2 Å². The molecule has 0 aromatic heterocycles. The average Bonchev–Trinajstić information content (AvgIpc) is 2.56. The largest absolute Gasteiger partial charge is 0.373 e. The topological polar surface area (TPSA) is 45.6 Å². The highest BCUT2D eigenvalue weighted by molar-refractivity contribution is 5.80. The Balaban J connectivity index is 1.39. The Bertz CT molecular complexity index is 487. The molecule has 1 unspecified atom stereocenters. The first-order valence-electron chi connectivity index (χ1n) is 8.15. The van der Waals surface area contributed by atoms with Crippen LogP contribution >= 0.6 is 0 Å². The summed E-state index contributed by atoms with van der Waals surface area (Å²) >= 11 is 0. The van der Waals surface area contributed by atoms with Crippen molar-refractivity contribution in [1.29, 1.82) is 0 Å². The van der Waals surface area contributed by atoms with Crippen molar-refractivity contribution < 1.29 is 4.74 Å². The van der Waals surface area contributed by atoms with Gasteiger partial charge in [0.25, 0.3) is 0 Å². The number of nitrogens with zero attached hydrogens (tertiary/aromatic N) is 1. The molecule has 1 aromatic rings. The van der Waals surface area contributed by atoms with E-state index in [4.69, 9.17) is 4.74 Å². The number of guanidine groups is 1. The molecule has 2 aliphatic rings. The first-order chi connectivity index (χ1) is 10.4. The molecule has 1 aliphatic carbocycles. The van der Waals surface area contributed by atoms with Crippen molar-refractivity contribution in [2.45, 2.75) is 38.2 Å². The van der Waals surface area contributed by atoms with E-state index in [9.17, 15) is 0 Å². The minimum absolute atomic E-state index is 0.292. The molecule has 1 aromatic carbocycles. The first-order valence-corrected chi connectivity index (χ1v) is 8.15. The molecule has 0 saturated carbocycles. The second kappa shape index (κ2) is 7.46. The number of benzene rings is 1. The number of hydrogen-bond acceptors (Lipinski definition) is 4. The van der Waals surface area contributed by atoms with Crippen LogP contribution in [0.4, 0.5) is 0 Å². The predicted octanol–water partition coefficient (Wildman–Crippen LogP) is 2.41. The van der Waals surface area contributed by atoms with E-state index in [1.54, 1.807) is 0 Å². The van der Waals surface area contributed by atoms with Crippen molar-refractivity contribution in [3.8, 4) is 0 Å². The van der Waals surface area contributed by atoms with E-state index in [0.717, 1.165) is 51.5 Å². The quantitative estimate of drug-likeness (QED) is 0.818. The number of fused-ring (bicyclic) bond motifs is 1. The van der Waals surface area contributed by atoms with Crippen LogP contribution in [-0.2, 0) is 11.2 Å². The van der Waals surface area contributed by atoms with Crippen LogP contribution in [0, 0.1) is 0 Å². The number of aliphatic imine (C=N–C) groups is 1. The number of aryl methyl sites for hydroxylation is 1. The molecular formula is C17H25N3O.